The van der Waals surface area contributed by atoms with Crippen LogP contribution in [0.15, 0.2) is 0 Å². The first-order chi connectivity index (χ1) is 9.82. The minimum Gasteiger partial charge on any atom is -0.464 e. The molecule has 0 aromatic heterocycles. The Labute approximate surface area is 123 Å². The first-order valence-corrected chi connectivity index (χ1v) is 6.42. The van der Waals surface area contributed by atoms with E-state index in [4.69, 9.17) is 36.4 Å². The van der Waals surface area contributed by atoms with Gasteiger partial charge in [-0.05, 0) is 0 Å². The molecule has 8 N–H and O–H groups in total. The maximum absolute atomic E-state index is 10.6. The van der Waals surface area contributed by atoms with Gasteiger partial charge in [0.25, 0.3) is 0 Å². The van der Waals surface area contributed by atoms with Crippen molar-refractivity contribution in [3.8, 4) is 0 Å². The van der Waals surface area contributed by atoms with Crippen molar-refractivity contribution in [2.24, 2.45) is 11.1 Å². The molecular formula is C12H27NO8. The molecule has 0 aliphatic rings. The van der Waals surface area contributed by atoms with Crippen LogP contribution in [-0.4, -0.2) is 88.4 Å². The summed E-state index contributed by atoms with van der Waals surface area (Å²) in [6, 6.07) is 0. The van der Waals surface area contributed by atoms with Gasteiger partial charge in [0.15, 0.2) is 0 Å². The van der Waals surface area contributed by atoms with Crippen LogP contribution in [-0.2, 0) is 9.53 Å². The third-order valence-electron chi connectivity index (χ3n) is 2.78. The molecule has 0 aliphatic heterocycles. The van der Waals surface area contributed by atoms with Gasteiger partial charge in [0.2, 0.25) is 0 Å². The lowest BCUT2D eigenvalue weighted by Crippen LogP contribution is -2.51. The van der Waals surface area contributed by atoms with Gasteiger partial charge in [0.1, 0.15) is 6.61 Å². The van der Waals surface area contributed by atoms with E-state index in [-0.39, 0.29) is 13.0 Å². The maximum atomic E-state index is 10.6. The average molecular weight is 313 g/mol. The molecule has 9 heteroatoms. The molecule has 21 heavy (non-hydrogen) atoms. The van der Waals surface area contributed by atoms with Gasteiger partial charge in [-0.15, -0.1) is 0 Å². The summed E-state index contributed by atoms with van der Waals surface area (Å²) in [6.07, 6.45) is 0.257. The van der Waals surface area contributed by atoms with E-state index in [2.05, 4.69) is 4.74 Å². The van der Waals surface area contributed by atoms with Gasteiger partial charge in [0.05, 0.1) is 50.6 Å². The number of hydrogen-bond acceptors (Lipinski definition) is 9. The number of aliphatic hydroxyl groups is 6. The average Bonchev–Trinajstić information content (AvgIpc) is 2.55. The lowest BCUT2D eigenvalue weighted by Gasteiger charge is -2.23. The number of ether oxygens (including phenoxy) is 1. The summed E-state index contributed by atoms with van der Waals surface area (Å²) in [4.78, 5) is 10.6. The Balaban J connectivity index is 0. The van der Waals surface area contributed by atoms with Crippen LogP contribution in [0, 0.1) is 5.41 Å². The Morgan fingerprint density at radius 1 is 0.905 bits per heavy atom. The summed E-state index contributed by atoms with van der Waals surface area (Å²) in [6.45, 7) is -0.966. The first kappa shape index (κ1) is 22.5. The summed E-state index contributed by atoms with van der Waals surface area (Å²) >= 11 is 0. The van der Waals surface area contributed by atoms with Crippen molar-refractivity contribution < 1.29 is 40.2 Å². The molecule has 0 radical (unpaired) electrons. The van der Waals surface area contributed by atoms with Crippen molar-refractivity contribution in [3.05, 3.63) is 0 Å². The van der Waals surface area contributed by atoms with Crippen LogP contribution in [0.4, 0.5) is 0 Å². The molecule has 0 fully saturated rings. The molecule has 0 aromatic rings. The Bertz CT molecular complexity index is 248. The van der Waals surface area contributed by atoms with E-state index >= 15 is 0 Å². The number of esters is 1. The molecule has 0 aliphatic carbocycles. The standard InChI is InChI=1S/C7H15NO4.C5H12O4/c1-2-6(11)12-5-7(8,3-9)4-10;6-1-5(2-7,3-8)4-9/h9-10H,2-5,8H2,1H3;6-9H,1-4H2. The van der Waals surface area contributed by atoms with Crippen LogP contribution in [0.1, 0.15) is 13.3 Å². The number of hydrogen-bond donors (Lipinski definition) is 7. The van der Waals surface area contributed by atoms with Gasteiger partial charge < -0.3 is 41.1 Å². The van der Waals surface area contributed by atoms with Crippen molar-refractivity contribution in [2.45, 2.75) is 18.9 Å². The Morgan fingerprint density at radius 3 is 1.48 bits per heavy atom. The number of carbonyl (C=O) groups is 1. The summed E-state index contributed by atoms with van der Waals surface area (Å²) in [5.74, 6) is -0.397. The van der Waals surface area contributed by atoms with Crippen LogP contribution < -0.4 is 5.73 Å². The molecule has 0 saturated heterocycles. The number of nitrogens with two attached hydrogens (primary N) is 1. The van der Waals surface area contributed by atoms with E-state index in [0.717, 1.165) is 0 Å². The molecule has 0 saturated carbocycles. The third-order valence-corrected chi connectivity index (χ3v) is 2.78. The van der Waals surface area contributed by atoms with Crippen molar-refractivity contribution in [1.29, 1.82) is 0 Å². The number of rotatable bonds is 9. The zero-order valence-corrected chi connectivity index (χ0v) is 12.2. The van der Waals surface area contributed by atoms with Gasteiger partial charge in [0, 0.05) is 6.42 Å². The zero-order chi connectivity index (χ0) is 16.9. The summed E-state index contributed by atoms with van der Waals surface area (Å²) < 4.78 is 4.65. The smallest absolute Gasteiger partial charge is 0.305 e. The van der Waals surface area contributed by atoms with E-state index in [1.54, 1.807) is 6.92 Å². The van der Waals surface area contributed by atoms with Crippen LogP contribution in [0.2, 0.25) is 0 Å². The minimum absolute atomic E-state index is 0.160. The molecule has 0 heterocycles. The van der Waals surface area contributed by atoms with Gasteiger partial charge in [-0.1, -0.05) is 6.92 Å². The highest BCUT2D eigenvalue weighted by Crippen LogP contribution is 2.11. The van der Waals surface area contributed by atoms with E-state index in [1.807, 2.05) is 0 Å². The Hall–Kier alpha value is -0.810. The fourth-order valence-electron chi connectivity index (χ4n) is 0.768. The summed E-state index contributed by atoms with van der Waals surface area (Å²) in [5.41, 5.74) is 3.09. The second-order valence-corrected chi connectivity index (χ2v) is 4.83. The molecule has 0 atom stereocenters. The maximum Gasteiger partial charge on any atom is 0.305 e. The molecule has 9 nitrogen and oxygen atoms in total. The highest BCUT2D eigenvalue weighted by molar-refractivity contribution is 5.68. The highest BCUT2D eigenvalue weighted by Gasteiger charge is 2.26. The molecule has 0 amide bonds. The summed E-state index contributed by atoms with van der Waals surface area (Å²) in [7, 11) is 0. The Morgan fingerprint density at radius 2 is 1.29 bits per heavy atom. The van der Waals surface area contributed by atoms with Crippen LogP contribution >= 0.6 is 0 Å². The van der Waals surface area contributed by atoms with E-state index in [1.165, 1.54) is 0 Å². The van der Waals surface area contributed by atoms with Gasteiger partial charge >= 0.3 is 5.97 Å². The van der Waals surface area contributed by atoms with Crippen molar-refractivity contribution in [2.75, 3.05) is 46.2 Å². The highest BCUT2D eigenvalue weighted by atomic mass is 16.5. The zero-order valence-electron chi connectivity index (χ0n) is 12.2. The number of aliphatic hydroxyl groups excluding tert-OH is 6. The normalized spacial score (nSPS) is 11.6. The first-order valence-electron chi connectivity index (χ1n) is 6.42. The predicted octanol–water partition coefficient (Wildman–Crippen LogP) is -3.44. The fraction of sp³-hybridized carbons (Fsp3) is 0.917. The predicted molar refractivity (Wildman–Crippen MR) is 73.1 cm³/mol. The Kier molecular flexibility index (Phi) is 12.6. The van der Waals surface area contributed by atoms with Gasteiger partial charge in [-0.3, -0.25) is 4.79 Å². The molecule has 0 rings (SSSR count). The van der Waals surface area contributed by atoms with Crippen LogP contribution in [0.25, 0.3) is 0 Å². The third kappa shape index (κ3) is 8.94. The molecule has 0 spiro atoms. The monoisotopic (exact) mass is 313 g/mol. The van der Waals surface area contributed by atoms with Crippen molar-refractivity contribution >= 4 is 5.97 Å². The second kappa shape index (κ2) is 11.8. The van der Waals surface area contributed by atoms with Crippen LogP contribution in [0.5, 0.6) is 0 Å². The van der Waals surface area contributed by atoms with E-state index in [0.29, 0.717) is 0 Å². The lowest BCUT2D eigenvalue weighted by molar-refractivity contribution is -0.146. The van der Waals surface area contributed by atoms with Crippen molar-refractivity contribution in [3.63, 3.8) is 0 Å². The summed E-state index contributed by atoms with van der Waals surface area (Å²) in [5, 5.41) is 51.4. The number of carbonyl (C=O) groups excluding carboxylic acids is 1. The second-order valence-electron chi connectivity index (χ2n) is 4.83. The van der Waals surface area contributed by atoms with Gasteiger partial charge in [-0.25, -0.2) is 0 Å². The molecular weight excluding hydrogens is 286 g/mol. The largest absolute Gasteiger partial charge is 0.464 e. The van der Waals surface area contributed by atoms with Crippen molar-refractivity contribution in [1.82, 2.24) is 0 Å². The fourth-order valence-corrected chi connectivity index (χ4v) is 0.768. The van der Waals surface area contributed by atoms with E-state index in [9.17, 15) is 4.79 Å². The lowest BCUT2D eigenvalue weighted by atomic mass is 9.93. The topological polar surface area (TPSA) is 174 Å². The molecule has 0 aromatic carbocycles. The van der Waals surface area contributed by atoms with Gasteiger partial charge in [-0.2, -0.15) is 0 Å². The minimum atomic E-state index is -1.22. The quantitative estimate of drug-likeness (QED) is 0.214. The van der Waals surface area contributed by atoms with Crippen LogP contribution in [0.3, 0.4) is 0 Å². The van der Waals surface area contributed by atoms with E-state index < -0.39 is 56.6 Å². The molecule has 0 bridgehead atoms. The molecule has 0 unspecified atom stereocenters. The SMILES string of the molecule is CCC(=O)OCC(N)(CO)CO.OCC(CO)(CO)CO. The molecule has 128 valence electrons.